The van der Waals surface area contributed by atoms with Crippen molar-refractivity contribution >= 4 is 35.0 Å². The highest BCUT2D eigenvalue weighted by Crippen LogP contribution is 2.34. The van der Waals surface area contributed by atoms with Crippen LogP contribution < -0.4 is 5.32 Å². The van der Waals surface area contributed by atoms with Gasteiger partial charge in [0.2, 0.25) is 11.8 Å². The standard InChI is InChI=1S/C19H15ClF3N3O2S/c1-11(17(27)24-15-10-13(19(21,22)23)7-8-14(15)20)29-18-26-25-16(28-18)9-12-5-3-2-4-6-12/h2-8,10-11H,9H2,1H3,(H,24,27)/t11-/m0/s1. The second kappa shape index (κ2) is 8.87. The molecule has 0 aliphatic heterocycles. The zero-order valence-corrected chi connectivity index (χ0v) is 16.6. The van der Waals surface area contributed by atoms with Crippen LogP contribution in [0.5, 0.6) is 0 Å². The van der Waals surface area contributed by atoms with Gasteiger partial charge in [-0.05, 0) is 30.7 Å². The molecule has 1 N–H and O–H groups in total. The summed E-state index contributed by atoms with van der Waals surface area (Å²) in [6.45, 7) is 1.57. The molecule has 0 radical (unpaired) electrons. The number of hydrogen-bond acceptors (Lipinski definition) is 5. The van der Waals surface area contributed by atoms with Gasteiger partial charge in [0.25, 0.3) is 5.22 Å². The maximum absolute atomic E-state index is 12.9. The minimum atomic E-state index is -4.54. The zero-order valence-electron chi connectivity index (χ0n) is 15.0. The number of carbonyl (C=O) groups excluding carboxylic acids is 1. The maximum Gasteiger partial charge on any atom is 0.416 e. The van der Waals surface area contributed by atoms with Gasteiger partial charge < -0.3 is 9.73 Å². The fourth-order valence-electron chi connectivity index (χ4n) is 2.36. The molecule has 3 aromatic rings. The largest absolute Gasteiger partial charge is 0.416 e. The summed E-state index contributed by atoms with van der Waals surface area (Å²) < 4.78 is 44.1. The van der Waals surface area contributed by atoms with Crippen molar-refractivity contribution in [1.82, 2.24) is 10.2 Å². The summed E-state index contributed by atoms with van der Waals surface area (Å²) in [4.78, 5) is 12.4. The zero-order chi connectivity index (χ0) is 21.0. The Morgan fingerprint density at radius 3 is 2.62 bits per heavy atom. The van der Waals surface area contributed by atoms with Gasteiger partial charge in [0, 0.05) is 0 Å². The molecule has 0 saturated carbocycles. The maximum atomic E-state index is 12.9. The van der Waals surface area contributed by atoms with E-state index in [4.69, 9.17) is 16.0 Å². The molecule has 0 fully saturated rings. The highest BCUT2D eigenvalue weighted by atomic mass is 35.5. The van der Waals surface area contributed by atoms with Gasteiger partial charge >= 0.3 is 6.18 Å². The Balaban J connectivity index is 1.63. The highest BCUT2D eigenvalue weighted by molar-refractivity contribution is 8.00. The van der Waals surface area contributed by atoms with E-state index in [1.54, 1.807) is 6.92 Å². The summed E-state index contributed by atoms with van der Waals surface area (Å²) >= 11 is 6.91. The molecule has 29 heavy (non-hydrogen) atoms. The van der Waals surface area contributed by atoms with E-state index < -0.39 is 22.9 Å². The molecule has 0 bridgehead atoms. The van der Waals surface area contributed by atoms with Crippen LogP contribution in [0.25, 0.3) is 0 Å². The number of nitrogens with one attached hydrogen (secondary N) is 1. The van der Waals surface area contributed by atoms with Crippen LogP contribution in [0.4, 0.5) is 18.9 Å². The quantitative estimate of drug-likeness (QED) is 0.515. The summed E-state index contributed by atoms with van der Waals surface area (Å²) in [7, 11) is 0. The Labute approximate surface area is 173 Å². The smallest absolute Gasteiger partial charge is 0.416 e. The highest BCUT2D eigenvalue weighted by Gasteiger charge is 2.31. The van der Waals surface area contributed by atoms with Gasteiger partial charge in [0.1, 0.15) is 0 Å². The average Bonchev–Trinajstić information content (AvgIpc) is 3.10. The molecule has 152 valence electrons. The molecule has 1 amide bonds. The predicted octanol–water partition coefficient (Wildman–Crippen LogP) is 5.45. The van der Waals surface area contributed by atoms with Gasteiger partial charge in [0.05, 0.1) is 27.9 Å². The second-order valence-electron chi connectivity index (χ2n) is 6.07. The first-order chi connectivity index (χ1) is 13.7. The van der Waals surface area contributed by atoms with Crippen molar-refractivity contribution in [2.45, 2.75) is 30.0 Å². The van der Waals surface area contributed by atoms with Crippen molar-refractivity contribution in [2.24, 2.45) is 0 Å². The van der Waals surface area contributed by atoms with Gasteiger partial charge in [-0.15, -0.1) is 10.2 Å². The van der Waals surface area contributed by atoms with Crippen molar-refractivity contribution in [3.05, 3.63) is 70.6 Å². The molecule has 2 aromatic carbocycles. The van der Waals surface area contributed by atoms with Gasteiger partial charge in [-0.2, -0.15) is 13.2 Å². The molecular weight excluding hydrogens is 427 g/mol. The summed E-state index contributed by atoms with van der Waals surface area (Å²) in [6.07, 6.45) is -4.09. The van der Waals surface area contributed by atoms with Gasteiger partial charge in [0.15, 0.2) is 0 Å². The lowest BCUT2D eigenvalue weighted by Gasteiger charge is -2.13. The summed E-state index contributed by atoms with van der Waals surface area (Å²) in [6, 6.07) is 12.3. The number of nitrogens with zero attached hydrogens (tertiary/aromatic N) is 2. The van der Waals surface area contributed by atoms with Crippen LogP contribution in [0.1, 0.15) is 23.9 Å². The number of benzene rings is 2. The monoisotopic (exact) mass is 441 g/mol. The van der Waals surface area contributed by atoms with Crippen LogP contribution in [0.2, 0.25) is 5.02 Å². The third-order valence-electron chi connectivity index (χ3n) is 3.84. The van der Waals surface area contributed by atoms with E-state index in [0.29, 0.717) is 12.3 Å². The third-order valence-corrected chi connectivity index (χ3v) is 5.11. The van der Waals surface area contributed by atoms with E-state index >= 15 is 0 Å². The fourth-order valence-corrected chi connectivity index (χ4v) is 3.23. The van der Waals surface area contributed by atoms with Crippen molar-refractivity contribution in [1.29, 1.82) is 0 Å². The molecule has 0 unspecified atom stereocenters. The Kier molecular flexibility index (Phi) is 6.49. The van der Waals surface area contributed by atoms with Crippen LogP contribution in [-0.4, -0.2) is 21.4 Å². The first-order valence-electron chi connectivity index (χ1n) is 8.43. The molecule has 5 nitrogen and oxygen atoms in total. The predicted molar refractivity (Wildman–Crippen MR) is 104 cm³/mol. The first kappa shape index (κ1) is 21.2. The van der Waals surface area contributed by atoms with Crippen molar-refractivity contribution in [3.63, 3.8) is 0 Å². The van der Waals surface area contributed by atoms with E-state index in [1.807, 2.05) is 30.3 Å². The topological polar surface area (TPSA) is 68.0 Å². The molecular formula is C19H15ClF3N3O2S. The molecule has 0 saturated heterocycles. The molecule has 0 aliphatic rings. The van der Waals surface area contributed by atoms with Gasteiger partial charge in [-0.1, -0.05) is 53.7 Å². The van der Waals surface area contributed by atoms with Crippen molar-refractivity contribution in [2.75, 3.05) is 5.32 Å². The lowest BCUT2D eigenvalue weighted by Crippen LogP contribution is -2.23. The lowest BCUT2D eigenvalue weighted by molar-refractivity contribution is -0.137. The SMILES string of the molecule is C[C@H](Sc1nnc(Cc2ccccc2)o1)C(=O)Nc1cc(C(F)(F)F)ccc1Cl. The van der Waals surface area contributed by atoms with Gasteiger partial charge in [-0.25, -0.2) is 0 Å². The Bertz CT molecular complexity index is 996. The van der Waals surface area contributed by atoms with E-state index in [9.17, 15) is 18.0 Å². The molecule has 0 aliphatic carbocycles. The van der Waals surface area contributed by atoms with E-state index in [0.717, 1.165) is 35.5 Å². The number of carbonyl (C=O) groups is 1. The van der Waals surface area contributed by atoms with E-state index in [-0.39, 0.29) is 15.9 Å². The molecule has 0 spiro atoms. The third kappa shape index (κ3) is 5.74. The van der Waals surface area contributed by atoms with Crippen LogP contribution in [-0.2, 0) is 17.4 Å². The average molecular weight is 442 g/mol. The normalized spacial score (nSPS) is 12.6. The molecule has 1 atom stereocenters. The van der Waals surface area contributed by atoms with Crippen LogP contribution in [0.15, 0.2) is 58.2 Å². The minimum absolute atomic E-state index is 0.00601. The van der Waals surface area contributed by atoms with E-state index in [2.05, 4.69) is 15.5 Å². The molecule has 1 heterocycles. The fraction of sp³-hybridized carbons (Fsp3) is 0.211. The summed E-state index contributed by atoms with van der Waals surface area (Å²) in [5.41, 5.74) is -0.0214. The molecule has 3 rings (SSSR count). The Hall–Kier alpha value is -2.52. The number of halogens is 4. The van der Waals surface area contributed by atoms with Gasteiger partial charge in [-0.3, -0.25) is 4.79 Å². The molecule has 1 aromatic heterocycles. The number of hydrogen-bond donors (Lipinski definition) is 1. The van der Waals surface area contributed by atoms with Crippen molar-refractivity contribution < 1.29 is 22.4 Å². The van der Waals surface area contributed by atoms with Crippen LogP contribution in [0, 0.1) is 0 Å². The summed E-state index contributed by atoms with van der Waals surface area (Å²) in [5.74, 6) is -0.147. The number of aromatic nitrogens is 2. The number of anilines is 1. The van der Waals surface area contributed by atoms with Crippen LogP contribution >= 0.6 is 23.4 Å². The first-order valence-corrected chi connectivity index (χ1v) is 9.68. The second-order valence-corrected chi connectivity index (χ2v) is 7.77. The lowest BCUT2D eigenvalue weighted by atomic mass is 10.2. The molecule has 10 heteroatoms. The van der Waals surface area contributed by atoms with Crippen LogP contribution in [0.3, 0.4) is 0 Å². The van der Waals surface area contributed by atoms with Crippen molar-refractivity contribution in [3.8, 4) is 0 Å². The number of alkyl halides is 3. The Morgan fingerprint density at radius 2 is 1.93 bits per heavy atom. The number of thioether (sulfide) groups is 1. The number of amides is 1. The van der Waals surface area contributed by atoms with E-state index in [1.165, 1.54) is 0 Å². The summed E-state index contributed by atoms with van der Waals surface area (Å²) in [5, 5.41) is 9.74. The minimum Gasteiger partial charge on any atom is -0.416 e. The number of rotatable bonds is 6. The Morgan fingerprint density at radius 1 is 1.21 bits per heavy atom.